The highest BCUT2D eigenvalue weighted by Gasteiger charge is 2.13. The Bertz CT molecular complexity index is 415. The van der Waals surface area contributed by atoms with Crippen molar-refractivity contribution < 1.29 is 19.0 Å². The summed E-state index contributed by atoms with van der Waals surface area (Å²) in [6, 6.07) is 7.13. The number of carbonyl (C=O) groups is 1. The maximum atomic E-state index is 11.8. The number of benzene rings is 1. The van der Waals surface area contributed by atoms with Crippen molar-refractivity contribution in [2.24, 2.45) is 0 Å². The van der Waals surface area contributed by atoms with E-state index in [4.69, 9.17) is 14.2 Å². The van der Waals surface area contributed by atoms with Crippen LogP contribution in [0.1, 0.15) is 6.92 Å². The Morgan fingerprint density at radius 3 is 2.32 bits per heavy atom. The molecule has 0 aliphatic carbocycles. The number of nitrogens with one attached hydrogen (secondary N) is 2. The zero-order chi connectivity index (χ0) is 15.5. The molecule has 0 spiro atoms. The smallest absolute Gasteiger partial charge is 0.260 e. The molecule has 0 aromatic heterocycles. The summed E-state index contributed by atoms with van der Waals surface area (Å²) in [6.07, 6.45) is -0.544. The molecule has 7 heteroatoms. The Labute approximate surface area is 137 Å². The SMILES string of the molecule is COCCNCCNC(=O)C(C)Oc1ccc(OC)cc1.Cl. The van der Waals surface area contributed by atoms with Gasteiger partial charge in [0.25, 0.3) is 5.91 Å². The monoisotopic (exact) mass is 332 g/mol. The summed E-state index contributed by atoms with van der Waals surface area (Å²) in [5.74, 6) is 1.25. The Morgan fingerprint density at radius 2 is 1.73 bits per heavy atom. The molecule has 6 nitrogen and oxygen atoms in total. The molecule has 22 heavy (non-hydrogen) atoms. The van der Waals surface area contributed by atoms with Gasteiger partial charge < -0.3 is 24.8 Å². The number of amides is 1. The number of hydrogen-bond acceptors (Lipinski definition) is 5. The normalized spacial score (nSPS) is 11.2. The highest BCUT2D eigenvalue weighted by atomic mass is 35.5. The van der Waals surface area contributed by atoms with Crippen molar-refractivity contribution in [2.75, 3.05) is 40.5 Å². The van der Waals surface area contributed by atoms with Crippen molar-refractivity contribution in [3.63, 3.8) is 0 Å². The number of halogens is 1. The number of methoxy groups -OCH3 is 2. The lowest BCUT2D eigenvalue weighted by Gasteiger charge is -2.15. The molecule has 0 radical (unpaired) electrons. The fraction of sp³-hybridized carbons (Fsp3) is 0.533. The molecule has 1 amide bonds. The van der Waals surface area contributed by atoms with E-state index in [9.17, 15) is 4.79 Å². The van der Waals surface area contributed by atoms with Gasteiger partial charge in [-0.3, -0.25) is 4.79 Å². The highest BCUT2D eigenvalue weighted by molar-refractivity contribution is 5.85. The van der Waals surface area contributed by atoms with Crippen LogP contribution < -0.4 is 20.1 Å². The molecule has 0 bridgehead atoms. The number of carbonyl (C=O) groups excluding carboxylic acids is 1. The van der Waals surface area contributed by atoms with Crippen LogP contribution in [0.3, 0.4) is 0 Å². The average molecular weight is 333 g/mol. The number of hydrogen-bond donors (Lipinski definition) is 2. The first-order valence-corrected chi connectivity index (χ1v) is 6.95. The van der Waals surface area contributed by atoms with Gasteiger partial charge >= 0.3 is 0 Å². The third-order valence-electron chi connectivity index (χ3n) is 2.83. The third kappa shape index (κ3) is 8.07. The van der Waals surface area contributed by atoms with E-state index in [1.807, 2.05) is 0 Å². The maximum Gasteiger partial charge on any atom is 0.260 e. The summed E-state index contributed by atoms with van der Waals surface area (Å²) < 4.78 is 15.5. The van der Waals surface area contributed by atoms with E-state index in [-0.39, 0.29) is 18.3 Å². The first-order chi connectivity index (χ1) is 10.2. The Hall–Kier alpha value is -1.50. The lowest BCUT2D eigenvalue weighted by Crippen LogP contribution is -2.40. The van der Waals surface area contributed by atoms with Gasteiger partial charge in [0.2, 0.25) is 0 Å². The van der Waals surface area contributed by atoms with Gasteiger partial charge in [0.15, 0.2) is 6.10 Å². The van der Waals surface area contributed by atoms with Gasteiger partial charge in [-0.25, -0.2) is 0 Å². The maximum absolute atomic E-state index is 11.8. The van der Waals surface area contributed by atoms with Crippen molar-refractivity contribution in [2.45, 2.75) is 13.0 Å². The summed E-state index contributed by atoms with van der Waals surface area (Å²) in [6.45, 7) is 4.40. The molecule has 1 rings (SSSR count). The van der Waals surface area contributed by atoms with Crippen LogP contribution >= 0.6 is 12.4 Å². The van der Waals surface area contributed by atoms with Crippen molar-refractivity contribution in [1.82, 2.24) is 10.6 Å². The van der Waals surface area contributed by atoms with Crippen LogP contribution in [0, 0.1) is 0 Å². The first kappa shape index (κ1) is 20.5. The number of ether oxygens (including phenoxy) is 3. The van der Waals surface area contributed by atoms with Crippen molar-refractivity contribution in [3.8, 4) is 11.5 Å². The quantitative estimate of drug-likeness (QED) is 0.631. The molecule has 1 aromatic carbocycles. The van der Waals surface area contributed by atoms with E-state index in [0.29, 0.717) is 25.4 Å². The Kier molecular flexibility index (Phi) is 11.3. The van der Waals surface area contributed by atoms with Crippen LogP contribution in [-0.4, -0.2) is 52.5 Å². The van der Waals surface area contributed by atoms with E-state index in [0.717, 1.165) is 12.3 Å². The van der Waals surface area contributed by atoms with E-state index < -0.39 is 6.10 Å². The molecule has 0 aliphatic heterocycles. The van der Waals surface area contributed by atoms with Crippen LogP contribution in [-0.2, 0) is 9.53 Å². The molecule has 2 N–H and O–H groups in total. The fourth-order valence-corrected chi connectivity index (χ4v) is 1.63. The molecule has 0 saturated heterocycles. The molecule has 0 aliphatic rings. The Morgan fingerprint density at radius 1 is 1.09 bits per heavy atom. The van der Waals surface area contributed by atoms with Gasteiger partial charge in [-0.05, 0) is 31.2 Å². The third-order valence-corrected chi connectivity index (χ3v) is 2.83. The van der Waals surface area contributed by atoms with Gasteiger partial charge in [-0.15, -0.1) is 12.4 Å². The minimum Gasteiger partial charge on any atom is -0.497 e. The lowest BCUT2D eigenvalue weighted by molar-refractivity contribution is -0.127. The van der Waals surface area contributed by atoms with Crippen LogP contribution in [0.25, 0.3) is 0 Å². The molecule has 1 unspecified atom stereocenters. The van der Waals surface area contributed by atoms with Crippen LogP contribution in [0.2, 0.25) is 0 Å². The van der Waals surface area contributed by atoms with E-state index in [2.05, 4.69) is 10.6 Å². The van der Waals surface area contributed by atoms with Crippen LogP contribution in [0.15, 0.2) is 24.3 Å². The van der Waals surface area contributed by atoms with Gasteiger partial charge in [0.1, 0.15) is 11.5 Å². The molecule has 0 heterocycles. The van der Waals surface area contributed by atoms with Crippen molar-refractivity contribution >= 4 is 18.3 Å². The second-order valence-corrected chi connectivity index (χ2v) is 4.47. The predicted molar refractivity (Wildman–Crippen MR) is 88.1 cm³/mol. The van der Waals surface area contributed by atoms with E-state index in [1.54, 1.807) is 45.4 Å². The predicted octanol–water partition coefficient (Wildman–Crippen LogP) is 1.24. The van der Waals surface area contributed by atoms with Crippen molar-refractivity contribution in [1.29, 1.82) is 0 Å². The van der Waals surface area contributed by atoms with Gasteiger partial charge in [0, 0.05) is 26.7 Å². The minimum absolute atomic E-state index is 0. The van der Waals surface area contributed by atoms with E-state index in [1.165, 1.54) is 0 Å². The van der Waals surface area contributed by atoms with Crippen LogP contribution in [0.4, 0.5) is 0 Å². The molecular weight excluding hydrogens is 308 g/mol. The largest absolute Gasteiger partial charge is 0.497 e. The van der Waals surface area contributed by atoms with Gasteiger partial charge in [0.05, 0.1) is 13.7 Å². The first-order valence-electron chi connectivity index (χ1n) is 6.95. The van der Waals surface area contributed by atoms with Crippen LogP contribution in [0.5, 0.6) is 11.5 Å². The Balaban J connectivity index is 0.00000441. The minimum atomic E-state index is -0.544. The van der Waals surface area contributed by atoms with E-state index >= 15 is 0 Å². The summed E-state index contributed by atoms with van der Waals surface area (Å²) in [4.78, 5) is 11.8. The van der Waals surface area contributed by atoms with Gasteiger partial charge in [-0.1, -0.05) is 0 Å². The molecule has 126 valence electrons. The molecule has 0 fully saturated rings. The molecule has 0 saturated carbocycles. The summed E-state index contributed by atoms with van der Waals surface area (Å²) >= 11 is 0. The average Bonchev–Trinajstić information content (AvgIpc) is 2.51. The topological polar surface area (TPSA) is 68.8 Å². The zero-order valence-electron chi connectivity index (χ0n) is 13.3. The molecule has 1 aromatic rings. The standard InChI is InChI=1S/C15H24N2O4.ClH/c1-12(15(18)17-9-8-16-10-11-19-2)21-14-6-4-13(20-3)5-7-14;/h4-7,12,16H,8-11H2,1-3H3,(H,17,18);1H. The van der Waals surface area contributed by atoms with Crippen molar-refractivity contribution in [3.05, 3.63) is 24.3 Å². The molecular formula is C15H25ClN2O4. The number of rotatable bonds is 10. The summed E-state index contributed by atoms with van der Waals surface area (Å²) in [5, 5.41) is 5.96. The second-order valence-electron chi connectivity index (χ2n) is 4.47. The summed E-state index contributed by atoms with van der Waals surface area (Å²) in [5.41, 5.74) is 0. The summed E-state index contributed by atoms with van der Waals surface area (Å²) in [7, 11) is 3.26. The van der Waals surface area contributed by atoms with Gasteiger partial charge in [-0.2, -0.15) is 0 Å². The second kappa shape index (κ2) is 12.1. The highest BCUT2D eigenvalue weighted by Crippen LogP contribution is 2.18. The lowest BCUT2D eigenvalue weighted by atomic mass is 10.3. The zero-order valence-corrected chi connectivity index (χ0v) is 14.1. The molecule has 1 atom stereocenters. The fourth-order valence-electron chi connectivity index (χ4n) is 1.63.